The highest BCUT2D eigenvalue weighted by Gasteiger charge is 2.12. The molecule has 0 atom stereocenters. The average molecular weight is 462 g/mol. The second-order valence-corrected chi connectivity index (χ2v) is 7.67. The van der Waals surface area contributed by atoms with Gasteiger partial charge in [-0.05, 0) is 55.5 Å². The molecule has 0 aliphatic heterocycles. The van der Waals surface area contributed by atoms with Crippen molar-refractivity contribution < 1.29 is 18.7 Å². The van der Waals surface area contributed by atoms with Crippen molar-refractivity contribution in [2.45, 2.75) is 6.92 Å². The van der Waals surface area contributed by atoms with Gasteiger partial charge in [-0.3, -0.25) is 9.59 Å². The van der Waals surface area contributed by atoms with Gasteiger partial charge in [0.1, 0.15) is 11.3 Å². The zero-order chi connectivity index (χ0) is 23.2. The molecular weight excluding hydrogens is 442 g/mol. The van der Waals surface area contributed by atoms with Crippen molar-refractivity contribution in [3.05, 3.63) is 94.7 Å². The Morgan fingerprint density at radius 2 is 1.85 bits per heavy atom. The van der Waals surface area contributed by atoms with Crippen molar-refractivity contribution in [2.75, 3.05) is 11.9 Å². The van der Waals surface area contributed by atoms with Gasteiger partial charge in [0.2, 0.25) is 0 Å². The van der Waals surface area contributed by atoms with Crippen LogP contribution in [0, 0.1) is 6.92 Å². The summed E-state index contributed by atoms with van der Waals surface area (Å²) in [7, 11) is 0. The van der Waals surface area contributed by atoms with E-state index in [-0.39, 0.29) is 18.3 Å². The number of rotatable bonds is 7. The predicted octanol–water partition coefficient (Wildman–Crippen LogP) is 5.18. The molecule has 33 heavy (non-hydrogen) atoms. The number of nitrogens with zero attached hydrogens (tertiary/aromatic N) is 1. The number of aryl methyl sites for hydroxylation is 1. The van der Waals surface area contributed by atoms with E-state index in [1.165, 1.54) is 6.21 Å². The number of fused-ring (bicyclic) bond motifs is 1. The smallest absolute Gasteiger partial charge is 0.307 e. The molecule has 0 aliphatic rings. The number of anilines is 1. The molecular formula is C25H20ClN3O4. The van der Waals surface area contributed by atoms with Gasteiger partial charge >= 0.3 is 5.91 Å². The third-order valence-electron chi connectivity index (χ3n) is 4.68. The Bertz CT molecular complexity index is 1330. The summed E-state index contributed by atoms with van der Waals surface area (Å²) in [6, 6.07) is 21.2. The molecule has 1 aromatic heterocycles. The summed E-state index contributed by atoms with van der Waals surface area (Å²) < 4.78 is 11.2. The van der Waals surface area contributed by atoms with Crippen LogP contribution in [0.1, 0.15) is 21.7 Å². The van der Waals surface area contributed by atoms with Gasteiger partial charge in [-0.2, -0.15) is 5.10 Å². The van der Waals surface area contributed by atoms with Crippen molar-refractivity contribution >= 4 is 46.3 Å². The van der Waals surface area contributed by atoms with Gasteiger partial charge in [-0.15, -0.1) is 0 Å². The van der Waals surface area contributed by atoms with Crippen LogP contribution in [-0.4, -0.2) is 24.6 Å². The molecule has 0 unspecified atom stereocenters. The number of hydrazone groups is 1. The molecule has 1 heterocycles. The third kappa shape index (κ3) is 5.78. The molecule has 2 N–H and O–H groups in total. The Kier molecular flexibility index (Phi) is 6.71. The number of nitrogens with one attached hydrogen (secondary N) is 2. The predicted molar refractivity (Wildman–Crippen MR) is 128 cm³/mol. The van der Waals surface area contributed by atoms with E-state index in [2.05, 4.69) is 15.8 Å². The van der Waals surface area contributed by atoms with Crippen LogP contribution in [0.2, 0.25) is 5.02 Å². The molecule has 0 aliphatic carbocycles. The lowest BCUT2D eigenvalue weighted by Gasteiger charge is -2.09. The van der Waals surface area contributed by atoms with E-state index in [9.17, 15) is 9.59 Å². The van der Waals surface area contributed by atoms with E-state index in [0.29, 0.717) is 27.6 Å². The zero-order valence-corrected chi connectivity index (χ0v) is 18.4. The number of amides is 2. The zero-order valence-electron chi connectivity index (χ0n) is 17.7. The Balaban J connectivity index is 1.35. The summed E-state index contributed by atoms with van der Waals surface area (Å²) in [6.07, 6.45) is 1.44. The molecule has 0 saturated carbocycles. The van der Waals surface area contributed by atoms with Crippen LogP contribution >= 0.6 is 11.6 Å². The van der Waals surface area contributed by atoms with Crippen molar-refractivity contribution in [3.8, 4) is 5.75 Å². The monoisotopic (exact) mass is 461 g/mol. The fourth-order valence-electron chi connectivity index (χ4n) is 3.04. The van der Waals surface area contributed by atoms with E-state index < -0.39 is 5.91 Å². The molecule has 0 radical (unpaired) electrons. The summed E-state index contributed by atoms with van der Waals surface area (Å²) >= 11 is 5.96. The fraction of sp³-hybridized carbons (Fsp3) is 0.0800. The van der Waals surface area contributed by atoms with Crippen LogP contribution in [0.5, 0.6) is 5.75 Å². The maximum Gasteiger partial charge on any atom is 0.307 e. The molecule has 4 aromatic rings. The molecule has 8 heteroatoms. The number of halogens is 1. The van der Waals surface area contributed by atoms with E-state index in [0.717, 1.165) is 10.9 Å². The average Bonchev–Trinajstić information content (AvgIpc) is 3.23. The van der Waals surface area contributed by atoms with Gasteiger partial charge in [-0.25, -0.2) is 5.43 Å². The van der Waals surface area contributed by atoms with Gasteiger partial charge in [0, 0.05) is 21.7 Å². The minimum Gasteiger partial charge on any atom is -0.483 e. The highest BCUT2D eigenvalue weighted by Crippen LogP contribution is 2.23. The molecule has 0 saturated heterocycles. The first-order chi connectivity index (χ1) is 16.0. The van der Waals surface area contributed by atoms with E-state index in [1.807, 2.05) is 31.2 Å². The minimum absolute atomic E-state index is 0.113. The van der Waals surface area contributed by atoms with Crippen molar-refractivity contribution in [2.24, 2.45) is 5.10 Å². The molecule has 7 nitrogen and oxygen atoms in total. The normalized spacial score (nSPS) is 11.0. The first-order valence-electron chi connectivity index (χ1n) is 10.1. The lowest BCUT2D eigenvalue weighted by Crippen LogP contribution is -2.20. The van der Waals surface area contributed by atoms with Gasteiger partial charge in [0.05, 0.1) is 6.21 Å². The lowest BCUT2D eigenvalue weighted by molar-refractivity contribution is -0.118. The number of carbonyl (C=O) groups is 2. The molecule has 2 amide bonds. The van der Waals surface area contributed by atoms with Crippen LogP contribution in [0.3, 0.4) is 0 Å². The molecule has 0 fully saturated rings. The van der Waals surface area contributed by atoms with Gasteiger partial charge in [-0.1, -0.05) is 41.4 Å². The Morgan fingerprint density at radius 3 is 2.67 bits per heavy atom. The maximum absolute atomic E-state index is 12.3. The van der Waals surface area contributed by atoms with Crippen LogP contribution in [-0.2, 0) is 4.79 Å². The van der Waals surface area contributed by atoms with E-state index >= 15 is 0 Å². The Morgan fingerprint density at radius 1 is 1.06 bits per heavy atom. The summed E-state index contributed by atoms with van der Waals surface area (Å²) in [4.78, 5) is 24.5. The lowest BCUT2D eigenvalue weighted by atomic mass is 10.2. The second kappa shape index (κ2) is 10.0. The topological polar surface area (TPSA) is 92.9 Å². The Labute approximate surface area is 195 Å². The first-order valence-corrected chi connectivity index (χ1v) is 10.5. The second-order valence-electron chi connectivity index (χ2n) is 7.23. The summed E-state index contributed by atoms with van der Waals surface area (Å²) in [5, 5.41) is 8.03. The van der Waals surface area contributed by atoms with Gasteiger partial charge < -0.3 is 14.5 Å². The quantitative estimate of drug-likeness (QED) is 0.293. The molecule has 0 spiro atoms. The van der Waals surface area contributed by atoms with Crippen LogP contribution in [0.15, 0.2) is 82.3 Å². The van der Waals surface area contributed by atoms with Gasteiger partial charge in [0.25, 0.3) is 5.91 Å². The highest BCUT2D eigenvalue weighted by atomic mass is 35.5. The number of hydrogen-bond acceptors (Lipinski definition) is 5. The highest BCUT2D eigenvalue weighted by molar-refractivity contribution is 6.31. The number of benzene rings is 3. The number of carbonyl (C=O) groups excluding carboxylic acids is 2. The van der Waals surface area contributed by atoms with Crippen molar-refractivity contribution in [1.82, 2.24) is 5.43 Å². The SMILES string of the molecule is Cc1ccc(NC(=O)COc2ccccc2/C=N/NC(=O)c2cc3cc(Cl)ccc3o2)cc1. The summed E-state index contributed by atoms with van der Waals surface area (Å²) in [5.74, 6) is -0.229. The molecule has 166 valence electrons. The van der Waals surface area contributed by atoms with Gasteiger partial charge in [0.15, 0.2) is 12.4 Å². The standard InChI is InChI=1S/C25H20ClN3O4/c1-16-6-9-20(10-7-16)28-24(30)15-32-21-5-3-2-4-17(21)14-27-29-25(31)23-13-18-12-19(26)8-11-22(18)33-23/h2-14H,15H2,1H3,(H,28,30)(H,29,31)/b27-14+. The van der Waals surface area contributed by atoms with Crippen molar-refractivity contribution in [1.29, 1.82) is 0 Å². The van der Waals surface area contributed by atoms with Crippen molar-refractivity contribution in [3.63, 3.8) is 0 Å². The summed E-state index contributed by atoms with van der Waals surface area (Å²) in [6.45, 7) is 1.80. The molecule has 4 rings (SSSR count). The molecule has 0 bridgehead atoms. The largest absolute Gasteiger partial charge is 0.483 e. The summed E-state index contributed by atoms with van der Waals surface area (Å²) in [5.41, 5.74) is 5.37. The number of para-hydroxylation sites is 1. The van der Waals surface area contributed by atoms with E-state index in [1.54, 1.807) is 48.5 Å². The number of furan rings is 1. The molecule has 3 aromatic carbocycles. The van der Waals surface area contributed by atoms with Crippen LogP contribution < -0.4 is 15.5 Å². The first kappa shape index (κ1) is 22.1. The number of ether oxygens (including phenoxy) is 1. The maximum atomic E-state index is 12.3. The van der Waals surface area contributed by atoms with E-state index in [4.69, 9.17) is 20.8 Å². The fourth-order valence-corrected chi connectivity index (χ4v) is 3.22. The number of hydrogen-bond donors (Lipinski definition) is 2. The van der Waals surface area contributed by atoms with Crippen LogP contribution in [0.4, 0.5) is 5.69 Å². The minimum atomic E-state index is -0.505. The Hall–Kier alpha value is -4.10. The third-order valence-corrected chi connectivity index (χ3v) is 4.92. The van der Waals surface area contributed by atoms with Crippen LogP contribution in [0.25, 0.3) is 11.0 Å².